The number of carboxylic acids is 1. The molecule has 0 aliphatic carbocycles. The van der Waals surface area contributed by atoms with Gasteiger partial charge in [-0.05, 0) is 24.6 Å². The van der Waals surface area contributed by atoms with E-state index in [-0.39, 0.29) is 0 Å². The zero-order chi connectivity index (χ0) is 11.7. The summed E-state index contributed by atoms with van der Waals surface area (Å²) >= 11 is 5.86. The molecule has 84 valence electrons. The van der Waals surface area contributed by atoms with Gasteiger partial charge >= 0.3 is 5.97 Å². The molecule has 0 aliphatic heterocycles. The number of benzene rings is 1. The van der Waals surface area contributed by atoms with Gasteiger partial charge in [0.05, 0.1) is 5.52 Å². The van der Waals surface area contributed by atoms with Crippen molar-refractivity contribution in [2.75, 3.05) is 0 Å². The van der Waals surface area contributed by atoms with E-state index in [2.05, 4.69) is 10.3 Å². The minimum atomic E-state index is -0.922. The van der Waals surface area contributed by atoms with Crippen molar-refractivity contribution < 1.29 is 9.90 Å². The summed E-state index contributed by atoms with van der Waals surface area (Å²) in [6, 6.07) is 4.38. The molecule has 1 N–H and O–H groups in total. The van der Waals surface area contributed by atoms with Gasteiger partial charge < -0.3 is 5.11 Å². The summed E-state index contributed by atoms with van der Waals surface area (Å²) in [5, 5.41) is 17.3. The summed E-state index contributed by atoms with van der Waals surface area (Å²) < 4.78 is 1.39. The molecule has 0 amide bonds. The van der Waals surface area contributed by atoms with Crippen molar-refractivity contribution in [3.05, 3.63) is 23.2 Å². The van der Waals surface area contributed by atoms with E-state index in [4.69, 9.17) is 16.7 Å². The quantitative estimate of drug-likeness (QED) is 0.891. The molecule has 16 heavy (non-hydrogen) atoms. The first kappa shape index (κ1) is 10.9. The summed E-state index contributed by atoms with van der Waals surface area (Å²) in [5.41, 5.74) is 1.28. The van der Waals surface area contributed by atoms with Crippen molar-refractivity contribution in [1.29, 1.82) is 0 Å². The number of aromatic nitrogens is 3. The Labute approximate surface area is 96.6 Å². The number of nitrogens with zero attached hydrogens (tertiary/aromatic N) is 3. The van der Waals surface area contributed by atoms with Crippen molar-refractivity contribution in [2.45, 2.75) is 19.4 Å². The fraction of sp³-hybridized carbons (Fsp3) is 0.300. The van der Waals surface area contributed by atoms with Crippen LogP contribution in [0, 0.1) is 0 Å². The van der Waals surface area contributed by atoms with Crippen LogP contribution in [0.25, 0.3) is 11.0 Å². The van der Waals surface area contributed by atoms with Crippen LogP contribution < -0.4 is 0 Å². The zero-order valence-corrected chi connectivity index (χ0v) is 9.35. The van der Waals surface area contributed by atoms with Gasteiger partial charge in [0.2, 0.25) is 0 Å². The fourth-order valence-corrected chi connectivity index (χ4v) is 1.76. The van der Waals surface area contributed by atoms with E-state index in [0.29, 0.717) is 22.5 Å². The van der Waals surface area contributed by atoms with E-state index < -0.39 is 12.0 Å². The van der Waals surface area contributed by atoms with Gasteiger partial charge in [-0.15, -0.1) is 5.10 Å². The Kier molecular flexibility index (Phi) is 2.78. The van der Waals surface area contributed by atoms with Crippen LogP contribution in [-0.2, 0) is 4.79 Å². The number of halogens is 1. The van der Waals surface area contributed by atoms with Gasteiger partial charge in [0.15, 0.2) is 6.04 Å². The molecule has 1 unspecified atom stereocenters. The Morgan fingerprint density at radius 1 is 1.62 bits per heavy atom. The summed E-state index contributed by atoms with van der Waals surface area (Å²) in [7, 11) is 0. The van der Waals surface area contributed by atoms with Crippen molar-refractivity contribution >= 4 is 28.6 Å². The Balaban J connectivity index is 2.59. The number of carboxylic acid groups (broad SMARTS) is 1. The van der Waals surface area contributed by atoms with Crippen molar-refractivity contribution in [2.24, 2.45) is 0 Å². The van der Waals surface area contributed by atoms with Crippen LogP contribution in [0.4, 0.5) is 0 Å². The topological polar surface area (TPSA) is 68.0 Å². The molecule has 2 aromatic rings. The second kappa shape index (κ2) is 4.09. The van der Waals surface area contributed by atoms with Crippen LogP contribution in [0.1, 0.15) is 19.4 Å². The third-order valence-electron chi connectivity index (χ3n) is 2.40. The summed E-state index contributed by atoms with van der Waals surface area (Å²) in [6.07, 6.45) is 0.445. The molecule has 6 heteroatoms. The number of hydrogen-bond donors (Lipinski definition) is 1. The molecule has 0 aliphatic rings. The SMILES string of the molecule is CCC(C(=O)O)n1nnc2ccc(Cl)cc21. The monoisotopic (exact) mass is 239 g/mol. The molecule has 0 saturated heterocycles. The number of aliphatic carboxylic acids is 1. The Bertz CT molecular complexity index is 538. The summed E-state index contributed by atoms with van der Waals surface area (Å²) in [4.78, 5) is 11.0. The molecule has 2 rings (SSSR count). The molecular weight excluding hydrogens is 230 g/mol. The molecule has 1 aromatic carbocycles. The summed E-state index contributed by atoms with van der Waals surface area (Å²) in [5.74, 6) is -0.922. The zero-order valence-electron chi connectivity index (χ0n) is 8.59. The average Bonchev–Trinajstić information content (AvgIpc) is 2.62. The van der Waals surface area contributed by atoms with Gasteiger partial charge in [-0.3, -0.25) is 0 Å². The highest BCUT2D eigenvalue weighted by molar-refractivity contribution is 6.31. The molecule has 0 spiro atoms. The van der Waals surface area contributed by atoms with Gasteiger partial charge in [0, 0.05) is 5.02 Å². The molecule has 0 bridgehead atoms. The predicted molar refractivity (Wildman–Crippen MR) is 59.5 cm³/mol. The van der Waals surface area contributed by atoms with E-state index in [1.165, 1.54) is 4.68 Å². The van der Waals surface area contributed by atoms with E-state index in [9.17, 15) is 4.79 Å². The molecule has 1 atom stereocenters. The van der Waals surface area contributed by atoms with Gasteiger partial charge in [0.25, 0.3) is 0 Å². The van der Waals surface area contributed by atoms with Crippen LogP contribution in [0.5, 0.6) is 0 Å². The van der Waals surface area contributed by atoms with Gasteiger partial charge in [-0.2, -0.15) is 0 Å². The highest BCUT2D eigenvalue weighted by atomic mass is 35.5. The molecule has 0 radical (unpaired) electrons. The Hall–Kier alpha value is -1.62. The third kappa shape index (κ3) is 1.74. The second-order valence-corrected chi connectivity index (χ2v) is 3.87. The predicted octanol–water partition coefficient (Wildman–Crippen LogP) is 2.12. The smallest absolute Gasteiger partial charge is 0.328 e. The Morgan fingerprint density at radius 3 is 3.00 bits per heavy atom. The lowest BCUT2D eigenvalue weighted by atomic mass is 10.2. The van der Waals surface area contributed by atoms with Crippen molar-refractivity contribution in [3.8, 4) is 0 Å². The highest BCUT2D eigenvalue weighted by Crippen LogP contribution is 2.21. The normalized spacial score (nSPS) is 12.9. The third-order valence-corrected chi connectivity index (χ3v) is 2.64. The lowest BCUT2D eigenvalue weighted by molar-refractivity contribution is -0.141. The number of rotatable bonds is 3. The average molecular weight is 240 g/mol. The van der Waals surface area contributed by atoms with Crippen LogP contribution in [0.2, 0.25) is 5.02 Å². The van der Waals surface area contributed by atoms with E-state index in [1.54, 1.807) is 25.1 Å². The van der Waals surface area contributed by atoms with Crippen LogP contribution in [-0.4, -0.2) is 26.1 Å². The number of fused-ring (bicyclic) bond motifs is 1. The maximum Gasteiger partial charge on any atom is 0.328 e. The Morgan fingerprint density at radius 2 is 2.38 bits per heavy atom. The van der Waals surface area contributed by atoms with E-state index >= 15 is 0 Å². The maximum absolute atomic E-state index is 11.0. The van der Waals surface area contributed by atoms with Crippen molar-refractivity contribution in [1.82, 2.24) is 15.0 Å². The molecule has 0 fully saturated rings. The molecule has 5 nitrogen and oxygen atoms in total. The van der Waals surface area contributed by atoms with Crippen LogP contribution >= 0.6 is 11.6 Å². The molecule has 0 saturated carbocycles. The van der Waals surface area contributed by atoms with E-state index in [0.717, 1.165) is 0 Å². The number of hydrogen-bond acceptors (Lipinski definition) is 3. The molecule has 1 aromatic heterocycles. The lowest BCUT2D eigenvalue weighted by Crippen LogP contribution is -2.19. The van der Waals surface area contributed by atoms with Gasteiger partial charge in [-0.25, -0.2) is 9.48 Å². The number of carbonyl (C=O) groups is 1. The lowest BCUT2D eigenvalue weighted by Gasteiger charge is -2.10. The van der Waals surface area contributed by atoms with Crippen molar-refractivity contribution in [3.63, 3.8) is 0 Å². The van der Waals surface area contributed by atoms with Crippen LogP contribution in [0.3, 0.4) is 0 Å². The fourth-order valence-electron chi connectivity index (χ4n) is 1.59. The standard InChI is InChI=1S/C10H10ClN3O2/c1-2-8(10(15)16)14-9-5-6(11)3-4-7(9)12-13-14/h3-5,8H,2H2,1H3,(H,15,16). The highest BCUT2D eigenvalue weighted by Gasteiger charge is 2.20. The second-order valence-electron chi connectivity index (χ2n) is 3.43. The first-order valence-corrected chi connectivity index (χ1v) is 5.24. The minimum Gasteiger partial charge on any atom is -0.480 e. The largest absolute Gasteiger partial charge is 0.480 e. The minimum absolute atomic E-state index is 0.445. The molecule has 1 heterocycles. The van der Waals surface area contributed by atoms with Crippen LogP contribution in [0.15, 0.2) is 18.2 Å². The maximum atomic E-state index is 11.0. The van der Waals surface area contributed by atoms with E-state index in [1.807, 2.05) is 0 Å². The van der Waals surface area contributed by atoms with Gasteiger partial charge in [-0.1, -0.05) is 23.7 Å². The first-order chi connectivity index (χ1) is 7.63. The molecular formula is C10H10ClN3O2. The summed E-state index contributed by atoms with van der Waals surface area (Å²) in [6.45, 7) is 1.79. The first-order valence-electron chi connectivity index (χ1n) is 4.86. The van der Waals surface area contributed by atoms with Gasteiger partial charge in [0.1, 0.15) is 5.52 Å².